The van der Waals surface area contributed by atoms with Gasteiger partial charge < -0.3 is 0 Å². The highest BCUT2D eigenvalue weighted by Gasteiger charge is 2.32. The van der Waals surface area contributed by atoms with Crippen molar-refractivity contribution in [2.45, 2.75) is 57.0 Å². The molecule has 1 unspecified atom stereocenters. The van der Waals surface area contributed by atoms with Crippen LogP contribution in [0.1, 0.15) is 51.4 Å². The lowest BCUT2D eigenvalue weighted by atomic mass is 9.91. The molecular weight excluding hydrogens is 199 g/mol. The van der Waals surface area contributed by atoms with Crippen LogP contribution in [0.4, 0.5) is 0 Å². The van der Waals surface area contributed by atoms with E-state index in [1.54, 1.807) is 0 Å². The monoisotopic (exact) mass is 224 g/mol. The second-order valence-corrected chi connectivity index (χ2v) is 6.79. The summed E-state index contributed by atoms with van der Waals surface area (Å²) < 4.78 is 0. The van der Waals surface area contributed by atoms with Crippen molar-refractivity contribution < 1.29 is 0 Å². The Kier molecular flexibility index (Phi) is 4.69. The molecule has 1 atom stereocenters. The van der Waals surface area contributed by atoms with E-state index in [2.05, 4.69) is 12.7 Å². The minimum absolute atomic E-state index is 1.08. The van der Waals surface area contributed by atoms with Gasteiger partial charge in [0.15, 0.2) is 0 Å². The molecule has 86 valence electrons. The maximum absolute atomic E-state index is 3.89. The van der Waals surface area contributed by atoms with Crippen molar-refractivity contribution in [3.05, 3.63) is 12.7 Å². The van der Waals surface area contributed by atoms with Gasteiger partial charge in [-0.05, 0) is 49.3 Å². The summed E-state index contributed by atoms with van der Waals surface area (Å²) in [4.78, 5) is 0. The van der Waals surface area contributed by atoms with Crippen LogP contribution in [0.3, 0.4) is 0 Å². The molecule has 2 aliphatic rings. The van der Waals surface area contributed by atoms with Crippen molar-refractivity contribution in [1.29, 1.82) is 0 Å². The lowest BCUT2D eigenvalue weighted by Crippen LogP contribution is -2.22. The molecule has 2 saturated carbocycles. The number of hydrogen-bond donors (Lipinski definition) is 0. The molecule has 0 aromatic heterocycles. The van der Waals surface area contributed by atoms with Gasteiger partial charge in [0.25, 0.3) is 0 Å². The van der Waals surface area contributed by atoms with Gasteiger partial charge in [-0.2, -0.15) is 0 Å². The molecule has 0 spiro atoms. The molecular formula is C14H25P. The van der Waals surface area contributed by atoms with E-state index in [-0.39, 0.29) is 0 Å². The van der Waals surface area contributed by atoms with E-state index in [0.29, 0.717) is 0 Å². The minimum atomic E-state index is 1.08. The van der Waals surface area contributed by atoms with Gasteiger partial charge in [-0.3, -0.25) is 0 Å². The third-order valence-electron chi connectivity index (χ3n) is 4.31. The summed E-state index contributed by atoms with van der Waals surface area (Å²) in [6.07, 6.45) is 15.6. The highest BCUT2D eigenvalue weighted by molar-refractivity contribution is 7.39. The summed E-state index contributed by atoms with van der Waals surface area (Å²) in [5.74, 6) is 2.18. The second kappa shape index (κ2) is 6.04. The average Bonchev–Trinajstić information content (AvgIpc) is 2.90. The summed E-state index contributed by atoms with van der Waals surface area (Å²) >= 11 is 0. The Labute approximate surface area is 96.7 Å². The topological polar surface area (TPSA) is 0 Å². The Balaban J connectivity index is 1.90. The highest BCUT2D eigenvalue weighted by Crippen LogP contribution is 2.45. The largest absolute Gasteiger partial charge is 0.114 e. The zero-order chi connectivity index (χ0) is 10.5. The van der Waals surface area contributed by atoms with Crippen molar-refractivity contribution >= 4 is 8.58 Å². The molecule has 0 nitrogen and oxygen atoms in total. The van der Waals surface area contributed by atoms with Crippen molar-refractivity contribution in [3.63, 3.8) is 0 Å². The molecule has 0 aliphatic heterocycles. The maximum atomic E-state index is 3.89. The predicted molar refractivity (Wildman–Crippen MR) is 71.1 cm³/mol. The maximum Gasteiger partial charge on any atom is -0.0172 e. The molecule has 0 amide bonds. The van der Waals surface area contributed by atoms with Crippen molar-refractivity contribution in [2.24, 2.45) is 11.8 Å². The quantitative estimate of drug-likeness (QED) is 0.473. The molecule has 0 saturated heterocycles. The van der Waals surface area contributed by atoms with Crippen molar-refractivity contribution in [2.75, 3.05) is 6.16 Å². The Morgan fingerprint density at radius 3 is 1.87 bits per heavy atom. The van der Waals surface area contributed by atoms with Crippen LogP contribution in [0, 0.1) is 11.8 Å². The van der Waals surface area contributed by atoms with Crippen LogP contribution >= 0.6 is 8.58 Å². The van der Waals surface area contributed by atoms with Gasteiger partial charge in [-0.1, -0.05) is 31.8 Å². The van der Waals surface area contributed by atoms with Crippen LogP contribution in [-0.2, 0) is 0 Å². The van der Waals surface area contributed by atoms with E-state index in [9.17, 15) is 0 Å². The SMILES string of the molecule is C=CCPC(C1CCCC1)C1CCCC1. The fraction of sp³-hybridized carbons (Fsp3) is 0.857. The molecule has 0 radical (unpaired) electrons. The first kappa shape index (κ1) is 11.6. The van der Waals surface area contributed by atoms with Crippen LogP contribution in [0.2, 0.25) is 0 Å². The third kappa shape index (κ3) is 3.06. The summed E-state index contributed by atoms with van der Waals surface area (Å²) in [5.41, 5.74) is 1.08. The van der Waals surface area contributed by atoms with E-state index < -0.39 is 0 Å². The van der Waals surface area contributed by atoms with Gasteiger partial charge in [-0.15, -0.1) is 15.2 Å². The molecule has 0 heterocycles. The smallest absolute Gasteiger partial charge is 0.0172 e. The zero-order valence-corrected chi connectivity index (χ0v) is 10.9. The minimum Gasteiger partial charge on any atom is -0.114 e. The molecule has 0 aromatic carbocycles. The van der Waals surface area contributed by atoms with Crippen LogP contribution in [-0.4, -0.2) is 11.8 Å². The van der Waals surface area contributed by atoms with Gasteiger partial charge in [0, 0.05) is 0 Å². The van der Waals surface area contributed by atoms with E-state index in [1.807, 2.05) is 0 Å². The predicted octanol–water partition coefficient (Wildman–Crippen LogP) is 4.60. The molecule has 0 N–H and O–H groups in total. The number of allylic oxidation sites excluding steroid dienone is 1. The number of rotatable bonds is 5. The van der Waals surface area contributed by atoms with Crippen molar-refractivity contribution in [3.8, 4) is 0 Å². The Bertz CT molecular complexity index is 172. The van der Waals surface area contributed by atoms with Gasteiger partial charge in [0.1, 0.15) is 0 Å². The van der Waals surface area contributed by atoms with E-state index in [1.165, 1.54) is 66.1 Å². The average molecular weight is 224 g/mol. The molecule has 2 aliphatic carbocycles. The van der Waals surface area contributed by atoms with Crippen LogP contribution in [0.25, 0.3) is 0 Å². The van der Waals surface area contributed by atoms with E-state index in [0.717, 1.165) is 17.5 Å². The molecule has 0 bridgehead atoms. The zero-order valence-electron chi connectivity index (χ0n) is 9.88. The lowest BCUT2D eigenvalue weighted by Gasteiger charge is -2.29. The van der Waals surface area contributed by atoms with Gasteiger partial charge >= 0.3 is 0 Å². The van der Waals surface area contributed by atoms with Gasteiger partial charge in [-0.25, -0.2) is 0 Å². The summed E-state index contributed by atoms with van der Waals surface area (Å²) in [6, 6.07) is 0. The Morgan fingerprint density at radius 1 is 1.00 bits per heavy atom. The van der Waals surface area contributed by atoms with Crippen LogP contribution in [0.5, 0.6) is 0 Å². The molecule has 1 heteroatoms. The second-order valence-electron chi connectivity index (χ2n) is 5.31. The first-order valence-electron chi connectivity index (χ1n) is 6.76. The summed E-state index contributed by atoms with van der Waals surface area (Å²) in [7, 11) is 1.17. The first-order valence-corrected chi connectivity index (χ1v) is 8.04. The van der Waals surface area contributed by atoms with Crippen molar-refractivity contribution in [1.82, 2.24) is 0 Å². The Hall–Kier alpha value is 0.170. The number of hydrogen-bond acceptors (Lipinski definition) is 0. The first-order chi connectivity index (χ1) is 7.42. The standard InChI is InChI=1S/C14H25P/c1-2-11-15-14(12-7-3-4-8-12)13-9-5-6-10-13/h2,12-15H,1,3-11H2. The Morgan fingerprint density at radius 2 is 1.47 bits per heavy atom. The molecule has 2 rings (SSSR count). The van der Waals surface area contributed by atoms with E-state index in [4.69, 9.17) is 0 Å². The molecule has 2 fully saturated rings. The summed E-state index contributed by atoms with van der Waals surface area (Å²) in [6.45, 7) is 3.89. The normalized spacial score (nSPS) is 24.9. The molecule has 15 heavy (non-hydrogen) atoms. The fourth-order valence-corrected chi connectivity index (χ4v) is 5.34. The summed E-state index contributed by atoms with van der Waals surface area (Å²) in [5, 5.41) is 0. The van der Waals surface area contributed by atoms with Gasteiger partial charge in [0.2, 0.25) is 0 Å². The highest BCUT2D eigenvalue weighted by atomic mass is 31.1. The van der Waals surface area contributed by atoms with E-state index >= 15 is 0 Å². The van der Waals surface area contributed by atoms with Gasteiger partial charge in [0.05, 0.1) is 0 Å². The fourth-order valence-electron chi connectivity index (χ4n) is 3.57. The lowest BCUT2D eigenvalue weighted by molar-refractivity contribution is 0.395. The van der Waals surface area contributed by atoms with Crippen LogP contribution < -0.4 is 0 Å². The van der Waals surface area contributed by atoms with Crippen LogP contribution in [0.15, 0.2) is 12.7 Å². The third-order valence-corrected chi connectivity index (χ3v) is 6.25. The molecule has 0 aromatic rings.